The van der Waals surface area contributed by atoms with Gasteiger partial charge in [-0.3, -0.25) is 0 Å². The van der Waals surface area contributed by atoms with Gasteiger partial charge < -0.3 is 9.47 Å². The number of halogens is 3. The van der Waals surface area contributed by atoms with E-state index >= 15 is 0 Å². The summed E-state index contributed by atoms with van der Waals surface area (Å²) in [4.78, 5) is 0. The number of hydrogen-bond acceptors (Lipinski definition) is 2. The Labute approximate surface area is 111 Å². The molecule has 0 bridgehead atoms. The molecule has 108 valence electrons. The van der Waals surface area contributed by atoms with E-state index in [1.807, 2.05) is 13.8 Å². The van der Waals surface area contributed by atoms with E-state index in [2.05, 4.69) is 0 Å². The second-order valence-corrected chi connectivity index (χ2v) is 4.77. The molecule has 0 aromatic heterocycles. The Morgan fingerprint density at radius 1 is 1.16 bits per heavy atom. The minimum Gasteiger partial charge on any atom is -0.490 e. The molecule has 0 saturated heterocycles. The summed E-state index contributed by atoms with van der Waals surface area (Å²) in [7, 11) is 0. The highest BCUT2D eigenvalue weighted by molar-refractivity contribution is 5.42. The molecule has 1 aromatic carbocycles. The van der Waals surface area contributed by atoms with Crippen LogP contribution in [0.1, 0.15) is 25.0 Å². The highest BCUT2D eigenvalue weighted by atomic mass is 19.4. The van der Waals surface area contributed by atoms with Gasteiger partial charge in [0.15, 0.2) is 0 Å². The van der Waals surface area contributed by atoms with Gasteiger partial charge in [0.05, 0.1) is 12.2 Å². The third-order valence-electron chi connectivity index (χ3n) is 2.44. The van der Waals surface area contributed by atoms with Crippen LogP contribution in [0, 0.1) is 12.8 Å². The monoisotopic (exact) mass is 276 g/mol. The molecule has 0 aliphatic carbocycles. The zero-order valence-corrected chi connectivity index (χ0v) is 11.4. The Kier molecular flexibility index (Phi) is 5.66. The Morgan fingerprint density at radius 2 is 1.84 bits per heavy atom. The third kappa shape index (κ3) is 5.11. The highest BCUT2D eigenvalue weighted by Gasteiger charge is 2.34. The van der Waals surface area contributed by atoms with E-state index in [1.165, 1.54) is 6.07 Å². The minimum absolute atomic E-state index is 0.108. The van der Waals surface area contributed by atoms with E-state index in [9.17, 15) is 13.2 Å². The van der Waals surface area contributed by atoms with Gasteiger partial charge in [-0.05, 0) is 24.5 Å². The van der Waals surface area contributed by atoms with Gasteiger partial charge in [0, 0.05) is 6.61 Å². The maximum atomic E-state index is 12.8. The summed E-state index contributed by atoms with van der Waals surface area (Å²) in [6.45, 7) is 6.57. The molecular weight excluding hydrogens is 257 g/mol. The predicted molar refractivity (Wildman–Crippen MR) is 67.3 cm³/mol. The SMILES string of the molecule is Cc1cccc(C(F)(F)F)c1OCCOCC(C)C. The number of benzene rings is 1. The first kappa shape index (κ1) is 15.8. The number of rotatable bonds is 6. The van der Waals surface area contributed by atoms with Crippen molar-refractivity contribution in [1.29, 1.82) is 0 Å². The van der Waals surface area contributed by atoms with E-state index in [1.54, 1.807) is 13.0 Å². The first-order valence-corrected chi connectivity index (χ1v) is 6.19. The van der Waals surface area contributed by atoms with Gasteiger partial charge in [-0.1, -0.05) is 26.0 Å². The molecule has 0 N–H and O–H groups in total. The Bertz CT molecular complexity index is 400. The molecule has 0 unspecified atom stereocenters. The Balaban J connectivity index is 2.62. The fraction of sp³-hybridized carbons (Fsp3) is 0.571. The lowest BCUT2D eigenvalue weighted by molar-refractivity contribution is -0.139. The molecule has 0 heterocycles. The van der Waals surface area contributed by atoms with Crippen LogP contribution in [0.2, 0.25) is 0 Å². The number of alkyl halides is 3. The molecule has 1 aromatic rings. The van der Waals surface area contributed by atoms with Gasteiger partial charge in [-0.15, -0.1) is 0 Å². The summed E-state index contributed by atoms with van der Waals surface area (Å²) in [6, 6.07) is 4.00. The summed E-state index contributed by atoms with van der Waals surface area (Å²) in [5.74, 6) is 0.285. The van der Waals surface area contributed by atoms with E-state index in [0.29, 0.717) is 18.1 Å². The van der Waals surface area contributed by atoms with Crippen molar-refractivity contribution in [3.8, 4) is 5.75 Å². The van der Waals surface area contributed by atoms with Crippen molar-refractivity contribution in [2.75, 3.05) is 19.8 Å². The molecule has 0 fully saturated rings. The summed E-state index contributed by atoms with van der Waals surface area (Å²) in [5, 5.41) is 0. The van der Waals surface area contributed by atoms with Crippen molar-refractivity contribution in [3.05, 3.63) is 29.3 Å². The van der Waals surface area contributed by atoms with Gasteiger partial charge in [-0.2, -0.15) is 13.2 Å². The normalized spacial score (nSPS) is 11.9. The van der Waals surface area contributed by atoms with Crippen LogP contribution in [0.4, 0.5) is 13.2 Å². The first-order chi connectivity index (χ1) is 8.82. The van der Waals surface area contributed by atoms with Crippen molar-refractivity contribution >= 4 is 0 Å². The summed E-state index contributed by atoms with van der Waals surface area (Å²) in [5.41, 5.74) is -0.268. The lowest BCUT2D eigenvalue weighted by atomic mass is 10.1. The summed E-state index contributed by atoms with van der Waals surface area (Å²) >= 11 is 0. The van der Waals surface area contributed by atoms with E-state index in [-0.39, 0.29) is 19.0 Å². The van der Waals surface area contributed by atoms with Crippen molar-refractivity contribution in [3.63, 3.8) is 0 Å². The highest BCUT2D eigenvalue weighted by Crippen LogP contribution is 2.37. The molecule has 0 atom stereocenters. The standard InChI is InChI=1S/C14H19F3O2/c1-10(2)9-18-7-8-19-13-11(3)5-4-6-12(13)14(15,16)17/h4-6,10H,7-9H2,1-3H3. The van der Waals surface area contributed by atoms with Crippen LogP contribution >= 0.6 is 0 Å². The molecular formula is C14H19F3O2. The van der Waals surface area contributed by atoms with Gasteiger partial charge in [0.2, 0.25) is 0 Å². The second kappa shape index (κ2) is 6.80. The molecule has 19 heavy (non-hydrogen) atoms. The maximum Gasteiger partial charge on any atom is 0.419 e. The summed E-state index contributed by atoms with van der Waals surface area (Å²) < 4.78 is 48.9. The van der Waals surface area contributed by atoms with Crippen LogP contribution in [0.25, 0.3) is 0 Å². The van der Waals surface area contributed by atoms with Crippen LogP contribution in [0.5, 0.6) is 5.75 Å². The molecule has 0 spiro atoms. The quantitative estimate of drug-likeness (QED) is 0.729. The number of hydrogen-bond donors (Lipinski definition) is 0. The minimum atomic E-state index is -4.40. The summed E-state index contributed by atoms with van der Waals surface area (Å²) in [6.07, 6.45) is -4.40. The molecule has 0 aliphatic rings. The van der Waals surface area contributed by atoms with Gasteiger partial charge in [0.1, 0.15) is 12.4 Å². The lowest BCUT2D eigenvalue weighted by Gasteiger charge is -2.16. The lowest BCUT2D eigenvalue weighted by Crippen LogP contribution is -2.14. The maximum absolute atomic E-state index is 12.8. The van der Waals surface area contributed by atoms with Crippen LogP contribution < -0.4 is 4.74 Å². The fourth-order valence-corrected chi connectivity index (χ4v) is 1.59. The zero-order chi connectivity index (χ0) is 14.5. The molecule has 0 radical (unpaired) electrons. The van der Waals surface area contributed by atoms with Crippen molar-refractivity contribution < 1.29 is 22.6 Å². The topological polar surface area (TPSA) is 18.5 Å². The van der Waals surface area contributed by atoms with Gasteiger partial charge in [-0.25, -0.2) is 0 Å². The third-order valence-corrected chi connectivity index (χ3v) is 2.44. The molecule has 5 heteroatoms. The number of para-hydroxylation sites is 1. The van der Waals surface area contributed by atoms with E-state index in [0.717, 1.165) is 6.07 Å². The van der Waals surface area contributed by atoms with Crippen LogP contribution in [-0.2, 0) is 10.9 Å². The molecule has 0 amide bonds. The van der Waals surface area contributed by atoms with Crippen molar-refractivity contribution in [1.82, 2.24) is 0 Å². The molecule has 2 nitrogen and oxygen atoms in total. The van der Waals surface area contributed by atoms with Gasteiger partial charge in [0.25, 0.3) is 0 Å². The van der Waals surface area contributed by atoms with E-state index < -0.39 is 11.7 Å². The number of aryl methyl sites for hydroxylation is 1. The van der Waals surface area contributed by atoms with E-state index in [4.69, 9.17) is 9.47 Å². The smallest absolute Gasteiger partial charge is 0.419 e. The average molecular weight is 276 g/mol. The Morgan fingerprint density at radius 3 is 2.42 bits per heavy atom. The molecule has 0 aliphatic heterocycles. The van der Waals surface area contributed by atoms with Crippen molar-refractivity contribution in [2.45, 2.75) is 26.9 Å². The van der Waals surface area contributed by atoms with Crippen LogP contribution in [0.15, 0.2) is 18.2 Å². The average Bonchev–Trinajstić information content (AvgIpc) is 2.28. The van der Waals surface area contributed by atoms with Crippen LogP contribution in [0.3, 0.4) is 0 Å². The second-order valence-electron chi connectivity index (χ2n) is 4.77. The molecule has 0 saturated carbocycles. The van der Waals surface area contributed by atoms with Gasteiger partial charge >= 0.3 is 6.18 Å². The fourth-order valence-electron chi connectivity index (χ4n) is 1.59. The first-order valence-electron chi connectivity index (χ1n) is 6.19. The largest absolute Gasteiger partial charge is 0.490 e. The molecule has 1 rings (SSSR count). The Hall–Kier alpha value is -1.23. The number of ether oxygens (including phenoxy) is 2. The predicted octanol–water partition coefficient (Wildman–Crippen LogP) is 4.07. The zero-order valence-electron chi connectivity index (χ0n) is 11.4. The van der Waals surface area contributed by atoms with Crippen molar-refractivity contribution in [2.24, 2.45) is 5.92 Å². The van der Waals surface area contributed by atoms with Crippen LogP contribution in [-0.4, -0.2) is 19.8 Å².